The number of piperazine rings is 1. The van der Waals surface area contributed by atoms with Crippen LogP contribution < -0.4 is 10.3 Å². The maximum absolute atomic E-state index is 14.8. The van der Waals surface area contributed by atoms with Gasteiger partial charge in [-0.3, -0.25) is 4.79 Å². The number of anilines is 1. The number of carboxylic acids is 1. The maximum Gasteiger partial charge on any atom is 0.340 e. The molecule has 0 atom stereocenters. The molecule has 122 valence electrons. The number of hydrogen-bond acceptors (Lipinski definition) is 5. The number of nitrogens with zero attached hydrogens (tertiary/aromatic N) is 2. The monoisotopic (exact) mass is 340 g/mol. The number of fused-ring (bicyclic) bond motifs is 1. The van der Waals surface area contributed by atoms with Crippen LogP contribution in [0.1, 0.15) is 10.4 Å². The molecular weight excluding hydrogens is 326 g/mol. The van der Waals surface area contributed by atoms with E-state index in [4.69, 9.17) is 5.11 Å². The van der Waals surface area contributed by atoms with E-state index in [1.165, 1.54) is 0 Å². The number of hydrogen-bond donors (Lipinski definition) is 1. The lowest BCUT2D eigenvalue weighted by Gasteiger charge is -2.34. The van der Waals surface area contributed by atoms with Crippen molar-refractivity contribution in [3.05, 3.63) is 38.9 Å². The van der Waals surface area contributed by atoms with Crippen LogP contribution in [-0.2, 0) is 0 Å². The number of aromatic carboxylic acids is 1. The summed E-state index contributed by atoms with van der Waals surface area (Å²) in [6, 6.07) is 0.942. The summed E-state index contributed by atoms with van der Waals surface area (Å²) in [6.07, 6.45) is 0. The van der Waals surface area contributed by atoms with E-state index >= 15 is 0 Å². The van der Waals surface area contributed by atoms with E-state index in [0.29, 0.717) is 26.2 Å². The molecule has 1 saturated heterocycles. The molecule has 2 aromatic rings. The van der Waals surface area contributed by atoms with Crippen molar-refractivity contribution in [2.75, 3.05) is 38.1 Å². The summed E-state index contributed by atoms with van der Waals surface area (Å²) in [5.74, 6) is -3.05. The highest BCUT2D eigenvalue weighted by Crippen LogP contribution is 2.32. The third-order valence-electron chi connectivity index (χ3n) is 3.98. The van der Waals surface area contributed by atoms with Crippen molar-refractivity contribution < 1.29 is 18.7 Å². The largest absolute Gasteiger partial charge is 0.478 e. The smallest absolute Gasteiger partial charge is 0.340 e. The second kappa shape index (κ2) is 5.86. The van der Waals surface area contributed by atoms with Gasteiger partial charge in [0.2, 0.25) is 5.43 Å². The van der Waals surface area contributed by atoms with Crippen LogP contribution in [0, 0.1) is 11.6 Å². The molecule has 1 aromatic heterocycles. The number of carbonyl (C=O) groups is 1. The molecule has 5 nitrogen and oxygen atoms in total. The first-order valence-electron chi connectivity index (χ1n) is 7.00. The Morgan fingerprint density at radius 3 is 2.52 bits per heavy atom. The number of benzene rings is 1. The minimum atomic E-state index is -1.41. The van der Waals surface area contributed by atoms with E-state index in [1.807, 2.05) is 7.05 Å². The molecular formula is C15H14F2N2O3S. The second-order valence-corrected chi connectivity index (χ2v) is 6.35. The van der Waals surface area contributed by atoms with E-state index in [1.54, 1.807) is 4.90 Å². The van der Waals surface area contributed by atoms with Gasteiger partial charge in [-0.05, 0) is 13.1 Å². The highest BCUT2D eigenvalue weighted by molar-refractivity contribution is 7.16. The van der Waals surface area contributed by atoms with Crippen molar-refractivity contribution >= 4 is 33.1 Å². The molecule has 2 heterocycles. The van der Waals surface area contributed by atoms with Crippen LogP contribution in [-0.4, -0.2) is 49.2 Å². The molecule has 0 amide bonds. The Morgan fingerprint density at radius 1 is 1.26 bits per heavy atom. The van der Waals surface area contributed by atoms with E-state index in [9.17, 15) is 18.4 Å². The number of likely N-dealkylation sites (N-methyl/N-ethyl adjacent to an activating group) is 1. The van der Waals surface area contributed by atoms with Crippen molar-refractivity contribution in [3.63, 3.8) is 0 Å². The number of rotatable bonds is 2. The molecule has 0 aliphatic carbocycles. The first-order chi connectivity index (χ1) is 10.9. The average molecular weight is 340 g/mol. The van der Waals surface area contributed by atoms with Crippen LogP contribution >= 0.6 is 11.3 Å². The van der Waals surface area contributed by atoms with E-state index in [-0.39, 0.29) is 15.8 Å². The summed E-state index contributed by atoms with van der Waals surface area (Å²) in [5, 5.41) is 9.82. The molecule has 1 fully saturated rings. The zero-order valence-electron chi connectivity index (χ0n) is 12.3. The highest BCUT2D eigenvalue weighted by Gasteiger charge is 2.25. The molecule has 0 radical (unpaired) electrons. The fourth-order valence-corrected chi connectivity index (χ4v) is 3.58. The van der Waals surface area contributed by atoms with E-state index in [2.05, 4.69) is 4.90 Å². The molecule has 0 saturated carbocycles. The molecule has 0 bridgehead atoms. The van der Waals surface area contributed by atoms with Gasteiger partial charge in [0, 0.05) is 36.9 Å². The first kappa shape index (κ1) is 15.8. The van der Waals surface area contributed by atoms with Gasteiger partial charge in [0.1, 0.15) is 17.1 Å². The van der Waals surface area contributed by atoms with Crippen molar-refractivity contribution in [1.82, 2.24) is 4.90 Å². The number of carboxylic acid groups (broad SMARTS) is 1. The Balaban J connectivity index is 2.17. The van der Waals surface area contributed by atoms with Gasteiger partial charge in [-0.2, -0.15) is 0 Å². The fourth-order valence-electron chi connectivity index (χ4n) is 2.66. The predicted molar refractivity (Wildman–Crippen MR) is 84.7 cm³/mol. The predicted octanol–water partition coefficient (Wildman–Crippen LogP) is 1.99. The van der Waals surface area contributed by atoms with Gasteiger partial charge in [-0.1, -0.05) is 0 Å². The lowest BCUT2D eigenvalue weighted by atomic mass is 10.1. The van der Waals surface area contributed by atoms with Gasteiger partial charge < -0.3 is 14.9 Å². The average Bonchev–Trinajstić information content (AvgIpc) is 2.50. The molecule has 1 aliphatic heterocycles. The molecule has 23 heavy (non-hydrogen) atoms. The summed E-state index contributed by atoms with van der Waals surface area (Å²) in [6.45, 7) is 2.34. The normalized spacial score (nSPS) is 16.0. The quantitative estimate of drug-likeness (QED) is 0.906. The van der Waals surface area contributed by atoms with Crippen molar-refractivity contribution in [1.29, 1.82) is 0 Å². The van der Waals surface area contributed by atoms with Gasteiger partial charge in [0.15, 0.2) is 5.82 Å². The van der Waals surface area contributed by atoms with Crippen LogP contribution in [0.4, 0.5) is 14.5 Å². The molecule has 3 rings (SSSR count). The Bertz CT molecular complexity index is 845. The molecule has 8 heteroatoms. The van der Waals surface area contributed by atoms with Gasteiger partial charge in [0.05, 0.1) is 4.70 Å². The molecule has 1 aliphatic rings. The molecule has 1 aromatic carbocycles. The topological polar surface area (TPSA) is 60.9 Å². The Labute approximate surface area is 134 Å². The zero-order chi connectivity index (χ0) is 16.7. The van der Waals surface area contributed by atoms with Crippen LogP contribution in [0.15, 0.2) is 16.2 Å². The summed E-state index contributed by atoms with van der Waals surface area (Å²) in [4.78, 5) is 26.7. The van der Waals surface area contributed by atoms with Gasteiger partial charge in [-0.15, -0.1) is 11.3 Å². The van der Waals surface area contributed by atoms with Crippen molar-refractivity contribution in [2.24, 2.45) is 0 Å². The van der Waals surface area contributed by atoms with Crippen LogP contribution in [0.3, 0.4) is 0 Å². The summed E-state index contributed by atoms with van der Waals surface area (Å²) in [7, 11) is 1.93. The first-order valence-corrected chi connectivity index (χ1v) is 7.88. The van der Waals surface area contributed by atoms with Gasteiger partial charge in [-0.25, -0.2) is 13.6 Å². The highest BCUT2D eigenvalue weighted by atomic mass is 32.1. The lowest BCUT2D eigenvalue weighted by Crippen LogP contribution is -2.45. The summed E-state index contributed by atoms with van der Waals surface area (Å²) in [5.41, 5.74) is -1.49. The van der Waals surface area contributed by atoms with Crippen LogP contribution in [0.2, 0.25) is 0 Å². The van der Waals surface area contributed by atoms with E-state index in [0.717, 1.165) is 22.8 Å². The second-order valence-electron chi connectivity index (χ2n) is 5.47. The minimum absolute atomic E-state index is 0.0182. The van der Waals surface area contributed by atoms with Gasteiger partial charge >= 0.3 is 5.97 Å². The fraction of sp³-hybridized carbons (Fsp3) is 0.333. The Morgan fingerprint density at radius 2 is 1.91 bits per heavy atom. The Hall–Kier alpha value is -2.06. The minimum Gasteiger partial charge on any atom is -0.478 e. The van der Waals surface area contributed by atoms with Crippen molar-refractivity contribution in [2.45, 2.75) is 0 Å². The van der Waals surface area contributed by atoms with Crippen molar-refractivity contribution in [3.8, 4) is 0 Å². The third kappa shape index (κ3) is 2.68. The maximum atomic E-state index is 14.8. The van der Waals surface area contributed by atoms with Crippen LogP contribution in [0.25, 0.3) is 10.1 Å². The molecule has 0 unspecified atom stereocenters. The van der Waals surface area contributed by atoms with E-state index < -0.39 is 28.6 Å². The van der Waals surface area contributed by atoms with Gasteiger partial charge in [0.25, 0.3) is 0 Å². The summed E-state index contributed by atoms with van der Waals surface area (Å²) >= 11 is 0.800. The van der Waals surface area contributed by atoms with Crippen LogP contribution in [0.5, 0.6) is 0 Å². The summed E-state index contributed by atoms with van der Waals surface area (Å²) < 4.78 is 29.1. The number of halogens is 2. The lowest BCUT2D eigenvalue weighted by molar-refractivity contribution is 0.0696. The SMILES string of the molecule is CN1CCN(c2c(F)cc3c(=O)c(C(=O)O)csc3c2F)CC1. The third-order valence-corrected chi connectivity index (χ3v) is 4.97. The molecule has 1 N–H and O–H groups in total. The Kier molecular flexibility index (Phi) is 4.03. The standard InChI is InChI=1S/C15H14F2N2O3S/c1-18-2-4-19(5-3-18)12-10(16)6-8-13(20)9(15(21)22)7-23-14(8)11(12)17/h6-7H,2-5H2,1H3,(H,21,22). The molecule has 0 spiro atoms. The zero-order valence-corrected chi connectivity index (χ0v) is 13.1.